The van der Waals surface area contributed by atoms with E-state index >= 15 is 0 Å². The smallest absolute Gasteiger partial charge is 0.252 e. The third kappa shape index (κ3) is 4.13. The minimum Gasteiger partial charge on any atom is -0.322 e. The molecule has 3 aromatic carbocycles. The molecule has 0 atom stereocenters. The molecule has 0 fully saturated rings. The number of H-pyrrole nitrogens is 1. The first-order chi connectivity index (χ1) is 16.3. The lowest BCUT2D eigenvalue weighted by atomic mass is 10.1. The lowest BCUT2D eigenvalue weighted by Crippen LogP contribution is -2.33. The van der Waals surface area contributed by atoms with Crippen molar-refractivity contribution in [3.63, 3.8) is 0 Å². The first-order valence-electron chi connectivity index (χ1n) is 10.7. The van der Waals surface area contributed by atoms with E-state index in [9.17, 15) is 13.2 Å². The number of aromatic nitrogens is 3. The summed E-state index contributed by atoms with van der Waals surface area (Å²) in [6.45, 7) is 3.76. The Morgan fingerprint density at radius 1 is 0.941 bits per heavy atom. The number of sulfonamides is 1. The fourth-order valence-electron chi connectivity index (χ4n) is 4.08. The number of nitrogens with one attached hydrogen (secondary N) is 1. The van der Waals surface area contributed by atoms with Crippen molar-refractivity contribution in [2.45, 2.75) is 31.8 Å². The molecular weight excluding hydrogens is 468 g/mol. The first-order valence-corrected chi connectivity index (χ1v) is 12.9. The Balaban J connectivity index is 1.65. The van der Waals surface area contributed by atoms with Crippen LogP contribution in [-0.2, 0) is 23.1 Å². The largest absolute Gasteiger partial charge is 0.322 e. The monoisotopic (exact) mass is 490 g/mol. The van der Waals surface area contributed by atoms with E-state index in [-0.39, 0.29) is 23.5 Å². The molecule has 0 saturated carbocycles. The second kappa shape index (κ2) is 8.75. The highest BCUT2D eigenvalue weighted by molar-refractivity contribution is 7.89. The van der Waals surface area contributed by atoms with Crippen LogP contribution in [0.25, 0.3) is 21.9 Å². The fraction of sp³-hybridized carbons (Fsp3) is 0.160. The van der Waals surface area contributed by atoms with Gasteiger partial charge in [0.1, 0.15) is 15.9 Å². The molecule has 7 nitrogen and oxygen atoms in total. The third-order valence-electron chi connectivity index (χ3n) is 5.80. The van der Waals surface area contributed by atoms with Crippen molar-refractivity contribution in [1.82, 2.24) is 18.0 Å². The molecule has 0 unspecified atom stereocenters. The lowest BCUT2D eigenvalue weighted by molar-refractivity contribution is 0.400. The molecule has 172 valence electrons. The van der Waals surface area contributed by atoms with Crippen molar-refractivity contribution >= 4 is 43.7 Å². The Morgan fingerprint density at radius 2 is 1.74 bits per heavy atom. The van der Waals surface area contributed by atoms with E-state index in [1.165, 1.54) is 4.31 Å². The number of hydrogen-bond donors (Lipinski definition) is 1. The zero-order valence-corrected chi connectivity index (χ0v) is 20.3. The van der Waals surface area contributed by atoms with Crippen LogP contribution in [0, 0.1) is 13.8 Å². The van der Waals surface area contributed by atoms with Crippen molar-refractivity contribution in [2.75, 3.05) is 0 Å². The van der Waals surface area contributed by atoms with Crippen molar-refractivity contribution in [2.24, 2.45) is 0 Å². The molecular formula is C25H22N4O3S2. The van der Waals surface area contributed by atoms with Crippen LogP contribution in [-0.4, -0.2) is 26.5 Å². The van der Waals surface area contributed by atoms with Gasteiger partial charge in [0.05, 0.1) is 11.7 Å². The van der Waals surface area contributed by atoms with Crippen molar-refractivity contribution < 1.29 is 8.42 Å². The number of pyridine rings is 1. The van der Waals surface area contributed by atoms with E-state index in [2.05, 4.69) is 13.7 Å². The molecule has 0 radical (unpaired) electrons. The van der Waals surface area contributed by atoms with Gasteiger partial charge >= 0.3 is 0 Å². The van der Waals surface area contributed by atoms with Crippen molar-refractivity contribution in [3.05, 3.63) is 99.3 Å². The fourth-order valence-corrected chi connectivity index (χ4v) is 6.43. The van der Waals surface area contributed by atoms with E-state index in [4.69, 9.17) is 0 Å². The van der Waals surface area contributed by atoms with Gasteiger partial charge in [-0.25, -0.2) is 8.42 Å². The highest BCUT2D eigenvalue weighted by Crippen LogP contribution is 2.30. The van der Waals surface area contributed by atoms with Crippen LogP contribution in [0.4, 0.5) is 0 Å². The summed E-state index contributed by atoms with van der Waals surface area (Å²) >= 11 is 0.979. The summed E-state index contributed by atoms with van der Waals surface area (Å²) < 4.78 is 37.9. The topological polar surface area (TPSA) is 96.0 Å². The van der Waals surface area contributed by atoms with Gasteiger partial charge in [0.15, 0.2) is 0 Å². The molecule has 0 aliphatic heterocycles. The van der Waals surface area contributed by atoms with Crippen LogP contribution < -0.4 is 5.56 Å². The summed E-state index contributed by atoms with van der Waals surface area (Å²) in [6, 6.07) is 20.4. The molecule has 1 N–H and O–H groups in total. The minimum atomic E-state index is -4.02. The van der Waals surface area contributed by atoms with Crippen LogP contribution in [0.5, 0.6) is 0 Å². The Hall–Kier alpha value is -3.40. The van der Waals surface area contributed by atoms with Crippen LogP contribution in [0.15, 0.2) is 76.4 Å². The molecule has 0 aliphatic rings. The van der Waals surface area contributed by atoms with Crippen LogP contribution in [0.2, 0.25) is 0 Å². The maximum Gasteiger partial charge on any atom is 0.252 e. The molecule has 5 aromatic rings. The van der Waals surface area contributed by atoms with E-state index in [0.29, 0.717) is 27.7 Å². The quantitative estimate of drug-likeness (QED) is 0.377. The van der Waals surface area contributed by atoms with Gasteiger partial charge in [0, 0.05) is 24.2 Å². The Labute approximate surface area is 201 Å². The predicted molar refractivity (Wildman–Crippen MR) is 134 cm³/mol. The maximum atomic E-state index is 14.1. The number of benzene rings is 3. The molecule has 0 amide bonds. The zero-order chi connectivity index (χ0) is 23.9. The van der Waals surface area contributed by atoms with Crippen molar-refractivity contribution in [1.29, 1.82) is 0 Å². The van der Waals surface area contributed by atoms with E-state index in [0.717, 1.165) is 28.2 Å². The first kappa shape index (κ1) is 22.4. The maximum absolute atomic E-state index is 14.1. The minimum absolute atomic E-state index is 0.0795. The Bertz CT molecular complexity index is 1680. The molecule has 0 saturated heterocycles. The summed E-state index contributed by atoms with van der Waals surface area (Å²) in [4.78, 5) is 15.9. The Morgan fingerprint density at radius 3 is 2.53 bits per heavy atom. The van der Waals surface area contributed by atoms with Gasteiger partial charge in [-0.2, -0.15) is 13.1 Å². The molecule has 0 bridgehead atoms. The average molecular weight is 491 g/mol. The SMILES string of the molecule is Cc1ccc2[nH]c(=O)c(CN(Cc3ccccc3)S(=O)(=O)c3c(C)ccc4nsnc34)cc2c1. The number of nitrogens with zero attached hydrogens (tertiary/aromatic N) is 3. The number of aromatic amines is 1. The second-order valence-corrected chi connectivity index (χ2v) is 10.7. The lowest BCUT2D eigenvalue weighted by Gasteiger charge is -2.23. The highest BCUT2D eigenvalue weighted by Gasteiger charge is 2.30. The van der Waals surface area contributed by atoms with Gasteiger partial charge in [0.2, 0.25) is 10.0 Å². The van der Waals surface area contributed by atoms with E-state index in [1.807, 2.05) is 55.5 Å². The average Bonchev–Trinajstić information content (AvgIpc) is 3.28. The molecule has 0 spiro atoms. The van der Waals surface area contributed by atoms with Gasteiger partial charge in [0.25, 0.3) is 5.56 Å². The van der Waals surface area contributed by atoms with Gasteiger partial charge in [-0.05, 0) is 54.6 Å². The molecule has 2 aromatic heterocycles. The summed E-state index contributed by atoms with van der Waals surface area (Å²) in [5.74, 6) is 0. The summed E-state index contributed by atoms with van der Waals surface area (Å²) in [5, 5.41) is 0.855. The van der Waals surface area contributed by atoms with E-state index in [1.54, 1.807) is 25.1 Å². The number of rotatable bonds is 6. The van der Waals surface area contributed by atoms with E-state index < -0.39 is 10.0 Å². The third-order valence-corrected chi connectivity index (χ3v) is 8.31. The van der Waals surface area contributed by atoms with Crippen LogP contribution in [0.3, 0.4) is 0 Å². The van der Waals surface area contributed by atoms with Crippen molar-refractivity contribution in [3.8, 4) is 0 Å². The van der Waals surface area contributed by atoms with Gasteiger partial charge in [-0.3, -0.25) is 4.79 Å². The number of aryl methyl sites for hydroxylation is 2. The highest BCUT2D eigenvalue weighted by atomic mass is 32.2. The number of hydrogen-bond acceptors (Lipinski definition) is 6. The summed E-state index contributed by atoms with van der Waals surface area (Å²) in [6.07, 6.45) is 0. The normalized spacial score (nSPS) is 12.1. The Kier molecular flexibility index (Phi) is 5.76. The van der Waals surface area contributed by atoms with Gasteiger partial charge in [-0.1, -0.05) is 48.0 Å². The zero-order valence-electron chi connectivity index (χ0n) is 18.6. The molecule has 34 heavy (non-hydrogen) atoms. The predicted octanol–water partition coefficient (Wildman–Crippen LogP) is 4.54. The van der Waals surface area contributed by atoms with Gasteiger partial charge in [-0.15, -0.1) is 0 Å². The van der Waals surface area contributed by atoms with Crippen LogP contribution >= 0.6 is 11.7 Å². The number of fused-ring (bicyclic) bond motifs is 2. The summed E-state index contributed by atoms with van der Waals surface area (Å²) in [7, 11) is -4.02. The molecule has 5 rings (SSSR count). The molecule has 0 aliphatic carbocycles. The van der Waals surface area contributed by atoms with Gasteiger partial charge < -0.3 is 4.98 Å². The standard InChI is InChI=1S/C25H22N4O3S2/c1-16-8-10-21-19(12-16)13-20(25(30)26-21)15-29(14-18-6-4-3-5-7-18)34(31,32)24-17(2)9-11-22-23(24)28-33-27-22/h3-13H,14-15H2,1-2H3,(H,26,30). The van der Waals surface area contributed by atoms with Crippen LogP contribution in [0.1, 0.15) is 22.3 Å². The summed E-state index contributed by atoms with van der Waals surface area (Å²) in [5.41, 5.74) is 4.12. The molecule has 2 heterocycles. The second-order valence-electron chi connectivity index (χ2n) is 8.32. The molecule has 9 heteroatoms.